The number of hydrogen-bond donors (Lipinski definition) is 2. The van der Waals surface area contributed by atoms with Crippen molar-refractivity contribution in [1.29, 1.82) is 0 Å². The van der Waals surface area contributed by atoms with Gasteiger partial charge in [-0.1, -0.05) is 36.4 Å². The number of carboxylic acid groups (broad SMARTS) is 2. The fourth-order valence-electron chi connectivity index (χ4n) is 1.68. The van der Waals surface area contributed by atoms with Gasteiger partial charge in [0.2, 0.25) is 0 Å². The van der Waals surface area contributed by atoms with Gasteiger partial charge in [-0.2, -0.15) is 0 Å². The van der Waals surface area contributed by atoms with E-state index in [1.54, 1.807) is 12.1 Å². The van der Waals surface area contributed by atoms with Crippen LogP contribution in [0, 0.1) is 0 Å². The third-order valence-electron chi connectivity index (χ3n) is 2.55. The summed E-state index contributed by atoms with van der Waals surface area (Å²) in [6.45, 7) is 0. The van der Waals surface area contributed by atoms with Crippen LogP contribution in [-0.4, -0.2) is 22.2 Å². The zero-order valence-electron chi connectivity index (χ0n) is 9.33. The summed E-state index contributed by atoms with van der Waals surface area (Å²) in [5.74, 6) is -2.90. The predicted molar refractivity (Wildman–Crippen MR) is 67.2 cm³/mol. The Morgan fingerprint density at radius 1 is 0.889 bits per heavy atom. The van der Waals surface area contributed by atoms with Gasteiger partial charge in [0, 0.05) is 0 Å². The van der Waals surface area contributed by atoms with Crippen molar-refractivity contribution in [3.8, 4) is 0 Å². The summed E-state index contributed by atoms with van der Waals surface area (Å²) in [5, 5.41) is 19.5. The molecule has 0 amide bonds. The third kappa shape index (κ3) is 2.38. The summed E-state index contributed by atoms with van der Waals surface area (Å²) in [7, 11) is 0. The zero-order valence-corrected chi connectivity index (χ0v) is 9.33. The summed E-state index contributed by atoms with van der Waals surface area (Å²) in [6.07, 6.45) is 1.15. The SMILES string of the molecule is O=C(O)C(=Cc1ccc2ccccc2c1)C(=O)O. The number of hydrogen-bond acceptors (Lipinski definition) is 2. The van der Waals surface area contributed by atoms with Gasteiger partial charge >= 0.3 is 11.9 Å². The maximum Gasteiger partial charge on any atom is 0.343 e. The molecule has 0 atom stereocenters. The number of rotatable bonds is 3. The first kappa shape index (κ1) is 11.9. The van der Waals surface area contributed by atoms with Crippen LogP contribution in [0.15, 0.2) is 48.0 Å². The Balaban J connectivity index is 2.51. The average Bonchev–Trinajstić information content (AvgIpc) is 2.35. The van der Waals surface area contributed by atoms with Crippen molar-refractivity contribution in [2.45, 2.75) is 0 Å². The molecular formula is C14H10O4. The average molecular weight is 242 g/mol. The molecule has 0 spiro atoms. The molecule has 0 fully saturated rings. The molecule has 0 aromatic heterocycles. The Bertz CT molecular complexity index is 640. The van der Waals surface area contributed by atoms with Crippen LogP contribution in [0.25, 0.3) is 16.8 Å². The van der Waals surface area contributed by atoms with Gasteiger partial charge in [0.1, 0.15) is 5.57 Å². The molecule has 2 aromatic carbocycles. The Hall–Kier alpha value is -2.62. The molecule has 4 heteroatoms. The molecular weight excluding hydrogens is 232 g/mol. The largest absolute Gasteiger partial charge is 0.477 e. The molecule has 2 rings (SSSR count). The topological polar surface area (TPSA) is 74.6 Å². The van der Waals surface area contributed by atoms with Crippen LogP contribution in [0.3, 0.4) is 0 Å². The third-order valence-corrected chi connectivity index (χ3v) is 2.55. The summed E-state index contributed by atoms with van der Waals surface area (Å²) in [4.78, 5) is 21.5. The highest BCUT2D eigenvalue weighted by molar-refractivity contribution is 6.16. The number of aliphatic carboxylic acids is 2. The fraction of sp³-hybridized carbons (Fsp3) is 0. The minimum absolute atomic E-state index is 0.550. The second kappa shape index (κ2) is 4.71. The molecule has 0 radical (unpaired) electrons. The monoisotopic (exact) mass is 242 g/mol. The number of carbonyl (C=O) groups is 2. The van der Waals surface area contributed by atoms with Crippen LogP contribution >= 0.6 is 0 Å². The van der Waals surface area contributed by atoms with Crippen LogP contribution in [0.2, 0.25) is 0 Å². The van der Waals surface area contributed by atoms with Gasteiger partial charge < -0.3 is 10.2 Å². The second-order valence-electron chi connectivity index (χ2n) is 3.77. The Morgan fingerprint density at radius 2 is 1.50 bits per heavy atom. The van der Waals surface area contributed by atoms with Crippen LogP contribution in [0.1, 0.15) is 5.56 Å². The number of benzene rings is 2. The highest BCUT2D eigenvalue weighted by atomic mass is 16.4. The lowest BCUT2D eigenvalue weighted by atomic mass is 10.1. The van der Waals surface area contributed by atoms with E-state index in [0.29, 0.717) is 5.56 Å². The normalized spacial score (nSPS) is 10.0. The standard InChI is InChI=1S/C14H10O4/c15-13(16)12(14(17)18)8-9-5-6-10-3-1-2-4-11(10)7-9/h1-8H,(H,15,16)(H,17,18). The van der Waals surface area contributed by atoms with Gasteiger partial charge in [-0.15, -0.1) is 0 Å². The predicted octanol–water partition coefficient (Wildman–Crippen LogP) is 2.39. The lowest BCUT2D eigenvalue weighted by molar-refractivity contribution is -0.139. The van der Waals surface area contributed by atoms with E-state index < -0.39 is 17.5 Å². The molecule has 0 saturated heterocycles. The minimum atomic E-state index is -1.45. The Kier molecular flexibility index (Phi) is 3.10. The Labute approximate surface area is 103 Å². The maximum absolute atomic E-state index is 10.8. The van der Waals surface area contributed by atoms with E-state index in [0.717, 1.165) is 16.8 Å². The summed E-state index contributed by atoms with van der Waals surface area (Å²) in [6, 6.07) is 12.8. The molecule has 2 aromatic rings. The van der Waals surface area contributed by atoms with Crippen LogP contribution in [0.4, 0.5) is 0 Å². The van der Waals surface area contributed by atoms with Gasteiger partial charge in [-0.3, -0.25) is 0 Å². The van der Waals surface area contributed by atoms with Crippen molar-refractivity contribution in [3.63, 3.8) is 0 Å². The number of fused-ring (bicyclic) bond motifs is 1. The molecule has 4 nitrogen and oxygen atoms in total. The van der Waals surface area contributed by atoms with Gasteiger partial charge in [0.05, 0.1) is 0 Å². The smallest absolute Gasteiger partial charge is 0.343 e. The molecule has 0 unspecified atom stereocenters. The quantitative estimate of drug-likeness (QED) is 0.492. The summed E-state index contributed by atoms with van der Waals surface area (Å²) < 4.78 is 0. The molecule has 0 aliphatic carbocycles. The van der Waals surface area contributed by atoms with E-state index in [1.807, 2.05) is 30.3 Å². The van der Waals surface area contributed by atoms with Crippen molar-refractivity contribution >= 4 is 28.8 Å². The van der Waals surface area contributed by atoms with Crippen LogP contribution < -0.4 is 0 Å². The van der Waals surface area contributed by atoms with E-state index in [9.17, 15) is 9.59 Å². The first-order valence-electron chi connectivity index (χ1n) is 5.25. The lowest BCUT2D eigenvalue weighted by Crippen LogP contribution is -2.10. The lowest BCUT2D eigenvalue weighted by Gasteiger charge is -2.00. The van der Waals surface area contributed by atoms with Crippen molar-refractivity contribution in [2.24, 2.45) is 0 Å². The summed E-state index contributed by atoms with van der Waals surface area (Å²) in [5.41, 5.74) is -0.0984. The maximum atomic E-state index is 10.8. The molecule has 0 aliphatic rings. The van der Waals surface area contributed by atoms with Gasteiger partial charge in [0.25, 0.3) is 0 Å². The van der Waals surface area contributed by atoms with Gasteiger partial charge in [-0.25, -0.2) is 9.59 Å². The first-order chi connectivity index (χ1) is 8.58. The number of carboxylic acids is 2. The molecule has 0 heterocycles. The second-order valence-corrected chi connectivity index (χ2v) is 3.77. The first-order valence-corrected chi connectivity index (χ1v) is 5.25. The molecule has 90 valence electrons. The van der Waals surface area contributed by atoms with E-state index in [-0.39, 0.29) is 0 Å². The van der Waals surface area contributed by atoms with E-state index in [2.05, 4.69) is 0 Å². The molecule has 0 aliphatic heterocycles. The minimum Gasteiger partial charge on any atom is -0.477 e. The van der Waals surface area contributed by atoms with E-state index >= 15 is 0 Å². The highest BCUT2D eigenvalue weighted by Crippen LogP contribution is 2.17. The van der Waals surface area contributed by atoms with Gasteiger partial charge in [0.15, 0.2) is 0 Å². The van der Waals surface area contributed by atoms with Crippen molar-refractivity contribution in [1.82, 2.24) is 0 Å². The Morgan fingerprint density at radius 3 is 2.11 bits per heavy atom. The summed E-state index contributed by atoms with van der Waals surface area (Å²) >= 11 is 0. The van der Waals surface area contributed by atoms with Crippen LogP contribution in [0.5, 0.6) is 0 Å². The van der Waals surface area contributed by atoms with Gasteiger partial charge in [-0.05, 0) is 28.5 Å². The molecule has 2 N–H and O–H groups in total. The van der Waals surface area contributed by atoms with Crippen LogP contribution in [-0.2, 0) is 9.59 Å². The highest BCUT2D eigenvalue weighted by Gasteiger charge is 2.15. The zero-order chi connectivity index (χ0) is 13.1. The molecule has 18 heavy (non-hydrogen) atoms. The molecule has 0 saturated carbocycles. The van der Waals surface area contributed by atoms with E-state index in [4.69, 9.17) is 10.2 Å². The van der Waals surface area contributed by atoms with Crippen molar-refractivity contribution in [2.75, 3.05) is 0 Å². The fourth-order valence-corrected chi connectivity index (χ4v) is 1.68. The van der Waals surface area contributed by atoms with Crippen molar-refractivity contribution < 1.29 is 19.8 Å². The van der Waals surface area contributed by atoms with Crippen molar-refractivity contribution in [3.05, 3.63) is 53.6 Å². The van der Waals surface area contributed by atoms with E-state index in [1.165, 1.54) is 0 Å². The molecule has 0 bridgehead atoms.